The van der Waals surface area contributed by atoms with Crippen molar-refractivity contribution in [3.63, 3.8) is 0 Å². The molecule has 0 unspecified atom stereocenters. The van der Waals surface area contributed by atoms with Gasteiger partial charge in [-0.25, -0.2) is 4.39 Å². The number of ketones is 1. The van der Waals surface area contributed by atoms with Gasteiger partial charge in [0.15, 0.2) is 0 Å². The third-order valence-electron chi connectivity index (χ3n) is 5.59. The number of aliphatic hydroxyl groups is 1. The number of amides is 1. The highest BCUT2D eigenvalue weighted by molar-refractivity contribution is 6.46. The summed E-state index contributed by atoms with van der Waals surface area (Å²) >= 11 is 0. The first-order chi connectivity index (χ1) is 15.9. The first kappa shape index (κ1) is 22.2. The second-order valence-electron chi connectivity index (χ2n) is 7.75. The summed E-state index contributed by atoms with van der Waals surface area (Å²) in [5, 5.41) is 11.1. The van der Waals surface area contributed by atoms with Crippen LogP contribution in [0.3, 0.4) is 0 Å². The number of ether oxygens (including phenoxy) is 1. The molecule has 2 aromatic carbocycles. The molecule has 1 saturated heterocycles. The Morgan fingerprint density at radius 3 is 2.42 bits per heavy atom. The monoisotopic (exact) mass is 446 g/mol. The number of nitrogens with zero attached hydrogens (tertiary/aromatic N) is 2. The predicted octanol–water partition coefficient (Wildman–Crippen LogP) is 4.55. The minimum Gasteiger partial charge on any atom is -0.507 e. The Balaban J connectivity index is 1.84. The second-order valence-corrected chi connectivity index (χ2v) is 7.75. The topological polar surface area (TPSA) is 79.7 Å². The molecule has 0 radical (unpaired) electrons. The molecule has 0 spiro atoms. The Morgan fingerprint density at radius 1 is 1.09 bits per heavy atom. The quantitative estimate of drug-likeness (QED) is 0.341. The summed E-state index contributed by atoms with van der Waals surface area (Å²) in [6.45, 7) is 4.12. The van der Waals surface area contributed by atoms with Gasteiger partial charge in [0.05, 0.1) is 18.2 Å². The van der Waals surface area contributed by atoms with E-state index in [1.807, 2.05) is 6.92 Å². The molecule has 7 heteroatoms. The van der Waals surface area contributed by atoms with Crippen LogP contribution in [0.2, 0.25) is 0 Å². The molecule has 0 aliphatic carbocycles. The summed E-state index contributed by atoms with van der Waals surface area (Å²) in [6, 6.07) is 13.9. The third-order valence-corrected chi connectivity index (χ3v) is 5.59. The number of pyridine rings is 1. The van der Waals surface area contributed by atoms with Gasteiger partial charge in [0.1, 0.15) is 17.3 Å². The first-order valence-electron chi connectivity index (χ1n) is 10.6. The fourth-order valence-electron chi connectivity index (χ4n) is 3.88. The van der Waals surface area contributed by atoms with Crippen LogP contribution < -0.4 is 4.74 Å². The fraction of sp³-hybridized carbons (Fsp3) is 0.192. The molecular formula is C26H23FN2O4. The number of Topliss-reactive ketones (excluding diaryl/α,β-unsaturated/α-hetero) is 1. The normalized spacial score (nSPS) is 17.4. The van der Waals surface area contributed by atoms with Crippen LogP contribution in [0, 0.1) is 12.7 Å². The lowest BCUT2D eigenvalue weighted by atomic mass is 9.94. The van der Waals surface area contributed by atoms with Crippen molar-refractivity contribution in [2.75, 3.05) is 6.61 Å². The Morgan fingerprint density at radius 2 is 1.79 bits per heavy atom. The molecule has 3 aromatic rings. The number of rotatable bonds is 6. The molecule has 33 heavy (non-hydrogen) atoms. The molecule has 168 valence electrons. The van der Waals surface area contributed by atoms with Gasteiger partial charge in [-0.2, -0.15) is 0 Å². The lowest BCUT2D eigenvalue weighted by Crippen LogP contribution is -2.29. The van der Waals surface area contributed by atoms with Crippen molar-refractivity contribution < 1.29 is 23.8 Å². The summed E-state index contributed by atoms with van der Waals surface area (Å²) in [5.41, 5.74) is 1.87. The van der Waals surface area contributed by atoms with Gasteiger partial charge < -0.3 is 14.7 Å². The number of aromatic nitrogens is 1. The molecular weight excluding hydrogens is 423 g/mol. The number of hydrogen-bond acceptors (Lipinski definition) is 5. The van der Waals surface area contributed by atoms with Crippen molar-refractivity contribution in [2.24, 2.45) is 0 Å². The second kappa shape index (κ2) is 9.24. The zero-order valence-corrected chi connectivity index (χ0v) is 18.3. The van der Waals surface area contributed by atoms with Crippen LogP contribution in [0.5, 0.6) is 5.75 Å². The third kappa shape index (κ3) is 4.35. The van der Waals surface area contributed by atoms with Crippen LogP contribution in [-0.2, 0) is 16.1 Å². The average Bonchev–Trinajstić information content (AvgIpc) is 3.07. The van der Waals surface area contributed by atoms with E-state index in [0.717, 1.165) is 11.6 Å². The first-order valence-corrected chi connectivity index (χ1v) is 10.6. The maximum absolute atomic E-state index is 14.2. The maximum atomic E-state index is 14.2. The van der Waals surface area contributed by atoms with Crippen molar-refractivity contribution in [1.29, 1.82) is 0 Å². The van der Waals surface area contributed by atoms with Crippen LogP contribution in [0.1, 0.15) is 35.2 Å². The van der Waals surface area contributed by atoms with E-state index in [-0.39, 0.29) is 17.7 Å². The van der Waals surface area contributed by atoms with E-state index in [9.17, 15) is 19.1 Å². The minimum absolute atomic E-state index is 0.0820. The van der Waals surface area contributed by atoms with Gasteiger partial charge in [0, 0.05) is 24.5 Å². The van der Waals surface area contributed by atoms with Crippen LogP contribution >= 0.6 is 0 Å². The van der Waals surface area contributed by atoms with E-state index in [1.165, 1.54) is 17.0 Å². The largest absolute Gasteiger partial charge is 0.507 e. The van der Waals surface area contributed by atoms with Crippen molar-refractivity contribution in [3.8, 4) is 5.75 Å². The van der Waals surface area contributed by atoms with Crippen molar-refractivity contribution in [1.82, 2.24) is 9.88 Å². The number of aryl methyl sites for hydroxylation is 1. The zero-order chi connectivity index (χ0) is 23.5. The number of carbonyl (C=O) groups is 2. The number of halogens is 1. The van der Waals surface area contributed by atoms with Gasteiger partial charge in [-0.1, -0.05) is 24.3 Å². The van der Waals surface area contributed by atoms with Gasteiger partial charge in [-0.05, 0) is 60.9 Å². The molecule has 1 amide bonds. The molecule has 1 N–H and O–H groups in total. The summed E-state index contributed by atoms with van der Waals surface area (Å²) < 4.78 is 19.7. The summed E-state index contributed by atoms with van der Waals surface area (Å²) in [6.07, 6.45) is 3.21. The SMILES string of the molecule is CCOc1ccc([C@H]2C(=C(O)c3ccc(C)c(F)c3)C(=O)C(=O)N2Cc2ccncc2)cc1. The number of carbonyl (C=O) groups excluding carboxylic acids is 2. The lowest BCUT2D eigenvalue weighted by molar-refractivity contribution is -0.140. The van der Waals surface area contributed by atoms with E-state index in [4.69, 9.17) is 4.74 Å². The van der Waals surface area contributed by atoms with Gasteiger partial charge in [0.2, 0.25) is 0 Å². The fourth-order valence-corrected chi connectivity index (χ4v) is 3.88. The van der Waals surface area contributed by atoms with Crippen LogP contribution in [0.25, 0.3) is 5.76 Å². The summed E-state index contributed by atoms with van der Waals surface area (Å²) in [4.78, 5) is 31.5. The zero-order valence-electron chi connectivity index (χ0n) is 18.3. The predicted molar refractivity (Wildman–Crippen MR) is 121 cm³/mol. The van der Waals surface area contributed by atoms with Crippen LogP contribution in [0.15, 0.2) is 72.6 Å². The van der Waals surface area contributed by atoms with Gasteiger partial charge in [-0.3, -0.25) is 14.6 Å². The lowest BCUT2D eigenvalue weighted by Gasteiger charge is -2.25. The average molecular weight is 446 g/mol. The molecule has 1 aliphatic rings. The molecule has 0 saturated carbocycles. The van der Waals surface area contributed by atoms with E-state index in [2.05, 4.69) is 4.98 Å². The van der Waals surface area contributed by atoms with E-state index < -0.39 is 29.3 Å². The summed E-state index contributed by atoms with van der Waals surface area (Å²) in [7, 11) is 0. The Hall–Kier alpha value is -4.00. The molecule has 0 bridgehead atoms. The van der Waals surface area contributed by atoms with Gasteiger partial charge in [-0.15, -0.1) is 0 Å². The van der Waals surface area contributed by atoms with Crippen molar-refractivity contribution in [3.05, 3.63) is 101 Å². The molecule has 1 fully saturated rings. The number of benzene rings is 2. The molecule has 1 aromatic heterocycles. The number of hydrogen-bond donors (Lipinski definition) is 1. The molecule has 6 nitrogen and oxygen atoms in total. The van der Waals surface area contributed by atoms with E-state index in [0.29, 0.717) is 23.5 Å². The van der Waals surface area contributed by atoms with Gasteiger partial charge >= 0.3 is 0 Å². The molecule has 4 rings (SSSR count). The number of aliphatic hydroxyl groups excluding tert-OH is 1. The standard InChI is InChI=1S/C26H23FN2O4/c1-3-33-20-8-6-18(7-9-20)23-22(24(30)19-5-4-16(2)21(27)14-19)25(31)26(32)29(23)15-17-10-12-28-13-11-17/h4-14,23,30H,3,15H2,1-2H3/t23-/m0/s1. The van der Waals surface area contributed by atoms with Gasteiger partial charge in [0.25, 0.3) is 11.7 Å². The minimum atomic E-state index is -0.849. The number of likely N-dealkylation sites (tertiary alicyclic amines) is 1. The van der Waals surface area contributed by atoms with Crippen molar-refractivity contribution in [2.45, 2.75) is 26.4 Å². The molecule has 1 atom stereocenters. The van der Waals surface area contributed by atoms with Crippen LogP contribution in [0.4, 0.5) is 4.39 Å². The highest BCUT2D eigenvalue weighted by Crippen LogP contribution is 2.40. The van der Waals surface area contributed by atoms with Crippen LogP contribution in [-0.4, -0.2) is 33.3 Å². The van der Waals surface area contributed by atoms with E-state index in [1.54, 1.807) is 55.7 Å². The maximum Gasteiger partial charge on any atom is 0.295 e. The smallest absolute Gasteiger partial charge is 0.295 e. The molecule has 1 aliphatic heterocycles. The summed E-state index contributed by atoms with van der Waals surface area (Å²) in [5.74, 6) is -1.83. The molecule has 2 heterocycles. The Bertz CT molecular complexity index is 1220. The van der Waals surface area contributed by atoms with Crippen molar-refractivity contribution >= 4 is 17.4 Å². The highest BCUT2D eigenvalue weighted by Gasteiger charge is 2.46. The Labute approximate surface area is 191 Å². The highest BCUT2D eigenvalue weighted by atomic mass is 19.1. The van der Waals surface area contributed by atoms with E-state index >= 15 is 0 Å². The Kier molecular flexibility index (Phi) is 6.22.